The molecule has 2 aromatic rings. The second kappa shape index (κ2) is 9.12. The van der Waals surface area contributed by atoms with E-state index in [1.165, 1.54) is 30.3 Å². The summed E-state index contributed by atoms with van der Waals surface area (Å²) in [5.41, 5.74) is 1.15. The Morgan fingerprint density at radius 2 is 1.92 bits per heavy atom. The van der Waals surface area contributed by atoms with Crippen LogP contribution in [0.25, 0.3) is 10.4 Å². The van der Waals surface area contributed by atoms with E-state index in [1.807, 2.05) is 34.5 Å². The number of ketones is 1. The molecule has 3 aliphatic rings. The molecule has 0 saturated carbocycles. The molecule has 0 unspecified atom stereocenters. The maximum atomic E-state index is 13.6. The number of benzene rings is 1. The number of methoxy groups -OCH3 is 2. The highest BCUT2D eigenvalue weighted by molar-refractivity contribution is 7.13. The van der Waals surface area contributed by atoms with Gasteiger partial charge in [0, 0.05) is 34.0 Å². The largest absolute Gasteiger partial charge is 0.496 e. The van der Waals surface area contributed by atoms with Crippen molar-refractivity contribution in [2.45, 2.75) is 44.7 Å². The van der Waals surface area contributed by atoms with Crippen LogP contribution in [0.2, 0.25) is 0 Å². The Bertz CT molecular complexity index is 1250. The van der Waals surface area contributed by atoms with E-state index >= 15 is 0 Å². The number of amides is 2. The van der Waals surface area contributed by atoms with E-state index in [0.717, 1.165) is 28.8 Å². The molecule has 0 spiro atoms. The van der Waals surface area contributed by atoms with Crippen molar-refractivity contribution in [3.05, 3.63) is 40.8 Å². The molecular formula is C27H30N2O6S. The van der Waals surface area contributed by atoms with Crippen LogP contribution in [0, 0.1) is 11.8 Å². The van der Waals surface area contributed by atoms with E-state index in [9.17, 15) is 19.2 Å². The molecule has 0 aliphatic carbocycles. The van der Waals surface area contributed by atoms with Gasteiger partial charge in [-0.05, 0) is 63.4 Å². The van der Waals surface area contributed by atoms with Gasteiger partial charge in [-0.25, -0.2) is 0 Å². The summed E-state index contributed by atoms with van der Waals surface area (Å²) in [5.74, 6) is -1.80. The van der Waals surface area contributed by atoms with Crippen LogP contribution in [0.4, 0.5) is 0 Å². The van der Waals surface area contributed by atoms with E-state index < -0.39 is 29.4 Å². The van der Waals surface area contributed by atoms with Gasteiger partial charge in [0.2, 0.25) is 11.8 Å². The minimum absolute atomic E-state index is 0.000718. The first-order valence-corrected chi connectivity index (χ1v) is 13.2. The van der Waals surface area contributed by atoms with Gasteiger partial charge in [-0.2, -0.15) is 0 Å². The van der Waals surface area contributed by atoms with Gasteiger partial charge in [-0.3, -0.25) is 29.0 Å². The summed E-state index contributed by atoms with van der Waals surface area (Å²) in [6.07, 6.45) is 2.13. The summed E-state index contributed by atoms with van der Waals surface area (Å²) in [6, 6.07) is 7.17. The molecule has 4 atom stereocenters. The lowest BCUT2D eigenvalue weighted by Gasteiger charge is -2.44. The molecule has 36 heavy (non-hydrogen) atoms. The van der Waals surface area contributed by atoms with Gasteiger partial charge < -0.3 is 9.47 Å². The molecule has 9 heteroatoms. The zero-order valence-corrected chi connectivity index (χ0v) is 21.7. The number of ether oxygens (including phenoxy) is 2. The van der Waals surface area contributed by atoms with Crippen molar-refractivity contribution in [3.8, 4) is 16.2 Å². The molecule has 8 nitrogen and oxygen atoms in total. The van der Waals surface area contributed by atoms with Gasteiger partial charge in [-0.15, -0.1) is 11.3 Å². The number of imide groups is 1. The molecule has 1 aromatic carbocycles. The van der Waals surface area contributed by atoms with Gasteiger partial charge in [-0.1, -0.05) is 6.07 Å². The highest BCUT2D eigenvalue weighted by Crippen LogP contribution is 2.58. The van der Waals surface area contributed by atoms with Crippen LogP contribution >= 0.6 is 11.3 Å². The average molecular weight is 511 g/mol. The second-order valence-corrected chi connectivity index (χ2v) is 10.6. The molecule has 3 fully saturated rings. The number of carbonyl (C=O) groups is 4. The van der Waals surface area contributed by atoms with Gasteiger partial charge in [0.05, 0.1) is 26.1 Å². The molecule has 190 valence electrons. The molecular weight excluding hydrogens is 480 g/mol. The molecule has 1 aromatic heterocycles. The van der Waals surface area contributed by atoms with E-state index in [-0.39, 0.29) is 24.1 Å². The minimum atomic E-state index is -1.16. The maximum absolute atomic E-state index is 13.6. The maximum Gasteiger partial charge on any atom is 0.327 e. The second-order valence-electron chi connectivity index (χ2n) is 9.65. The lowest BCUT2D eigenvalue weighted by molar-refractivity contribution is -0.164. The van der Waals surface area contributed by atoms with Crippen LogP contribution in [0.1, 0.15) is 55.1 Å². The summed E-state index contributed by atoms with van der Waals surface area (Å²) in [6.45, 7) is 4.18. The van der Waals surface area contributed by atoms with E-state index in [0.29, 0.717) is 24.3 Å². The molecule has 4 heterocycles. The van der Waals surface area contributed by atoms with E-state index in [4.69, 9.17) is 9.47 Å². The average Bonchev–Trinajstić information content (AvgIpc) is 3.56. The van der Waals surface area contributed by atoms with Crippen LogP contribution in [-0.4, -0.2) is 66.2 Å². The molecule has 2 amide bonds. The van der Waals surface area contributed by atoms with E-state index in [2.05, 4.69) is 0 Å². The first-order chi connectivity index (χ1) is 17.3. The standard InChI is InChI=1S/C27H30N2O6S/c1-5-28-24(31)21-22(25(28)32)27(26(33)35-4)10-6-7-11-29(27)23(21)16-8-9-18(19(12-16)34-3)20-13-17(14-36-20)15(2)30/h8-9,12-14,21-23H,5-7,10-11H2,1-4H3/t21-,22-,23+,27-/m0/s1. The lowest BCUT2D eigenvalue weighted by Crippen LogP contribution is -2.59. The van der Waals surface area contributed by atoms with Crippen LogP contribution < -0.4 is 4.74 Å². The fraction of sp³-hybridized carbons (Fsp3) is 0.481. The number of carbonyl (C=O) groups excluding carboxylic acids is 4. The topological polar surface area (TPSA) is 93.2 Å². The Morgan fingerprint density at radius 3 is 2.56 bits per heavy atom. The molecule has 5 rings (SSSR count). The summed E-state index contributed by atoms with van der Waals surface area (Å²) >= 11 is 1.46. The number of fused-ring (bicyclic) bond motifs is 3. The highest BCUT2D eigenvalue weighted by Gasteiger charge is 2.72. The van der Waals surface area contributed by atoms with Crippen LogP contribution in [-0.2, 0) is 19.1 Å². The molecule has 3 saturated heterocycles. The summed E-state index contributed by atoms with van der Waals surface area (Å²) in [4.78, 5) is 56.5. The van der Waals surface area contributed by atoms with Crippen LogP contribution in [0.3, 0.4) is 0 Å². The number of likely N-dealkylation sites (tertiary alicyclic amines) is 1. The number of piperidine rings is 1. The van der Waals surface area contributed by atoms with Gasteiger partial charge in [0.15, 0.2) is 5.78 Å². The zero-order valence-electron chi connectivity index (χ0n) is 20.9. The smallest absolute Gasteiger partial charge is 0.327 e. The number of rotatable bonds is 6. The quantitative estimate of drug-likeness (QED) is 0.332. The van der Waals surface area contributed by atoms with Crippen molar-refractivity contribution < 1.29 is 28.7 Å². The predicted molar refractivity (Wildman–Crippen MR) is 134 cm³/mol. The zero-order chi connectivity index (χ0) is 25.8. The van der Waals surface area contributed by atoms with Crippen LogP contribution in [0.15, 0.2) is 29.6 Å². The fourth-order valence-corrected chi connectivity index (χ4v) is 7.46. The molecule has 0 bridgehead atoms. The van der Waals surface area contributed by atoms with Gasteiger partial charge in [0.25, 0.3) is 0 Å². The number of esters is 1. The highest BCUT2D eigenvalue weighted by atomic mass is 32.1. The van der Waals surface area contributed by atoms with E-state index in [1.54, 1.807) is 14.0 Å². The lowest BCUT2D eigenvalue weighted by atomic mass is 9.75. The van der Waals surface area contributed by atoms with Gasteiger partial charge >= 0.3 is 5.97 Å². The third-order valence-corrected chi connectivity index (χ3v) is 9.01. The third-order valence-electron chi connectivity index (χ3n) is 8.05. The Hall–Kier alpha value is -3.04. The van der Waals surface area contributed by atoms with Crippen molar-refractivity contribution in [3.63, 3.8) is 0 Å². The van der Waals surface area contributed by atoms with Crippen molar-refractivity contribution in [1.29, 1.82) is 0 Å². The molecule has 3 aliphatic heterocycles. The first-order valence-electron chi connectivity index (χ1n) is 12.3. The number of nitrogens with zero attached hydrogens (tertiary/aromatic N) is 2. The first kappa shape index (κ1) is 24.6. The Morgan fingerprint density at radius 1 is 1.14 bits per heavy atom. The van der Waals surface area contributed by atoms with Crippen molar-refractivity contribution in [2.75, 3.05) is 27.3 Å². The predicted octanol–water partition coefficient (Wildman–Crippen LogP) is 3.70. The number of hydrogen-bond acceptors (Lipinski definition) is 8. The molecule has 0 N–H and O–H groups in total. The van der Waals surface area contributed by atoms with Crippen LogP contribution in [0.5, 0.6) is 5.75 Å². The Kier molecular flexibility index (Phi) is 6.24. The summed E-state index contributed by atoms with van der Waals surface area (Å²) in [7, 11) is 2.93. The third kappa shape index (κ3) is 3.36. The minimum Gasteiger partial charge on any atom is -0.496 e. The monoisotopic (exact) mass is 510 g/mol. The number of hydrogen-bond donors (Lipinski definition) is 0. The van der Waals surface area contributed by atoms with Crippen molar-refractivity contribution in [1.82, 2.24) is 9.80 Å². The fourth-order valence-electron chi connectivity index (χ4n) is 6.49. The SMILES string of the molecule is CCN1C(=O)[C@@H]2[C@@H](c3ccc(-c4cc(C(C)=O)cs4)c(OC)c3)N3CCCC[C@@]3(C(=O)OC)[C@@H]2C1=O. The number of thiophene rings is 1. The Balaban J connectivity index is 1.64. The Labute approximate surface area is 214 Å². The normalized spacial score (nSPS) is 27.7. The summed E-state index contributed by atoms with van der Waals surface area (Å²) < 4.78 is 11.0. The van der Waals surface area contributed by atoms with Crippen molar-refractivity contribution >= 4 is 34.9 Å². The number of Topliss-reactive ketones (excluding diaryl/α,β-unsaturated/α-hetero) is 1. The summed E-state index contributed by atoms with van der Waals surface area (Å²) in [5, 5.41) is 1.83. The molecule has 0 radical (unpaired) electrons. The van der Waals surface area contributed by atoms with Gasteiger partial charge in [0.1, 0.15) is 11.3 Å². The van der Waals surface area contributed by atoms with Crippen molar-refractivity contribution in [2.24, 2.45) is 11.8 Å².